The number of imidazole rings is 1. The highest BCUT2D eigenvalue weighted by Crippen LogP contribution is 2.12. The van der Waals surface area contributed by atoms with E-state index in [-0.39, 0.29) is 18.2 Å². The Hall–Kier alpha value is -2.08. The lowest BCUT2D eigenvalue weighted by atomic mass is 10.2. The molecular weight excluding hydrogens is 246 g/mol. The number of aromatic amines is 2. The number of amides is 1. The van der Waals surface area contributed by atoms with E-state index in [4.69, 9.17) is 5.11 Å². The molecule has 0 atom stereocenters. The highest BCUT2D eigenvalue weighted by Gasteiger charge is 2.09. The third kappa shape index (κ3) is 3.23. The van der Waals surface area contributed by atoms with Crippen LogP contribution in [0.2, 0.25) is 0 Å². The molecular formula is C13H17N3O3. The molecule has 6 heteroatoms. The number of carbonyl (C=O) groups excluding carboxylic acids is 1. The minimum atomic E-state index is -0.237. The van der Waals surface area contributed by atoms with E-state index in [1.807, 2.05) is 18.2 Å². The third-order valence-corrected chi connectivity index (χ3v) is 2.97. The number of hydrogen-bond donors (Lipinski definition) is 3. The van der Waals surface area contributed by atoms with E-state index >= 15 is 0 Å². The van der Waals surface area contributed by atoms with Crippen molar-refractivity contribution in [3.63, 3.8) is 0 Å². The molecule has 19 heavy (non-hydrogen) atoms. The second-order valence-electron chi connectivity index (χ2n) is 4.54. The van der Waals surface area contributed by atoms with Crippen molar-refractivity contribution in [3.8, 4) is 0 Å². The molecule has 3 N–H and O–H groups in total. The van der Waals surface area contributed by atoms with Gasteiger partial charge in [-0.2, -0.15) is 0 Å². The fourth-order valence-corrected chi connectivity index (χ4v) is 1.96. The lowest BCUT2D eigenvalue weighted by Crippen LogP contribution is -2.26. The summed E-state index contributed by atoms with van der Waals surface area (Å²) in [6.45, 7) is 0.504. The van der Waals surface area contributed by atoms with E-state index < -0.39 is 0 Å². The average molecular weight is 263 g/mol. The molecule has 2 aromatic rings. The zero-order valence-corrected chi connectivity index (χ0v) is 10.8. The third-order valence-electron chi connectivity index (χ3n) is 2.97. The fourth-order valence-electron chi connectivity index (χ4n) is 1.96. The summed E-state index contributed by atoms with van der Waals surface area (Å²) in [6.07, 6.45) is 0.823. The first-order valence-corrected chi connectivity index (χ1v) is 6.16. The normalized spacial score (nSPS) is 10.8. The zero-order chi connectivity index (χ0) is 13.8. The molecule has 0 fully saturated rings. The number of nitrogens with zero attached hydrogens (tertiary/aromatic N) is 1. The van der Waals surface area contributed by atoms with Crippen LogP contribution < -0.4 is 5.69 Å². The van der Waals surface area contributed by atoms with Crippen molar-refractivity contribution < 1.29 is 9.90 Å². The van der Waals surface area contributed by atoms with Gasteiger partial charge in [-0.1, -0.05) is 6.07 Å². The first kappa shape index (κ1) is 13.4. The number of carbonyl (C=O) groups is 1. The number of aliphatic hydroxyl groups excluding tert-OH is 1. The lowest BCUT2D eigenvalue weighted by molar-refractivity contribution is -0.130. The standard InChI is InChI=1S/C13H17N3O3/c1-16(12(18)3-2-6-17)8-9-4-5-10-11(7-9)15-13(19)14-10/h4-5,7,17H,2-3,6,8H2,1H3,(H2,14,15,19). The van der Waals surface area contributed by atoms with Crippen LogP contribution in [0, 0.1) is 0 Å². The van der Waals surface area contributed by atoms with Crippen LogP contribution in [0.25, 0.3) is 11.0 Å². The molecule has 1 aromatic carbocycles. The van der Waals surface area contributed by atoms with E-state index in [0.717, 1.165) is 16.6 Å². The predicted molar refractivity (Wildman–Crippen MR) is 71.7 cm³/mol. The van der Waals surface area contributed by atoms with Crippen molar-refractivity contribution in [2.45, 2.75) is 19.4 Å². The molecule has 0 aliphatic heterocycles. The summed E-state index contributed by atoms with van der Waals surface area (Å²) in [7, 11) is 1.73. The summed E-state index contributed by atoms with van der Waals surface area (Å²) >= 11 is 0. The number of nitrogens with one attached hydrogen (secondary N) is 2. The minimum absolute atomic E-state index is 0.00305. The highest BCUT2D eigenvalue weighted by molar-refractivity contribution is 5.77. The number of aliphatic hydroxyl groups is 1. The average Bonchev–Trinajstić information content (AvgIpc) is 2.75. The molecule has 1 heterocycles. The van der Waals surface area contributed by atoms with Crippen molar-refractivity contribution in [1.82, 2.24) is 14.9 Å². The molecule has 0 bridgehead atoms. The molecule has 0 radical (unpaired) electrons. The Morgan fingerprint density at radius 2 is 2.05 bits per heavy atom. The summed E-state index contributed by atoms with van der Waals surface area (Å²) in [6, 6.07) is 5.54. The van der Waals surface area contributed by atoms with E-state index in [1.165, 1.54) is 0 Å². The van der Waals surface area contributed by atoms with Gasteiger partial charge in [-0.05, 0) is 24.1 Å². The topological polar surface area (TPSA) is 89.2 Å². The van der Waals surface area contributed by atoms with Crippen molar-refractivity contribution in [3.05, 3.63) is 34.2 Å². The van der Waals surface area contributed by atoms with Gasteiger partial charge >= 0.3 is 5.69 Å². The Morgan fingerprint density at radius 3 is 2.79 bits per heavy atom. The molecule has 0 unspecified atom stereocenters. The number of hydrogen-bond acceptors (Lipinski definition) is 3. The highest BCUT2D eigenvalue weighted by atomic mass is 16.3. The first-order valence-electron chi connectivity index (χ1n) is 6.16. The Balaban J connectivity index is 2.08. The van der Waals surface area contributed by atoms with Crippen LogP contribution >= 0.6 is 0 Å². The Labute approximate surface area is 110 Å². The van der Waals surface area contributed by atoms with E-state index in [9.17, 15) is 9.59 Å². The van der Waals surface area contributed by atoms with Crippen LogP contribution in [0.4, 0.5) is 0 Å². The molecule has 1 amide bonds. The number of fused-ring (bicyclic) bond motifs is 1. The molecule has 0 aliphatic rings. The van der Waals surface area contributed by atoms with Gasteiger partial charge in [0.25, 0.3) is 0 Å². The monoisotopic (exact) mass is 263 g/mol. The minimum Gasteiger partial charge on any atom is -0.396 e. The fraction of sp³-hybridized carbons (Fsp3) is 0.385. The number of rotatable bonds is 5. The SMILES string of the molecule is CN(Cc1ccc2[nH]c(=O)[nH]c2c1)C(=O)CCCO. The molecule has 0 spiro atoms. The molecule has 1 aromatic heterocycles. The molecule has 102 valence electrons. The van der Waals surface area contributed by atoms with Crippen molar-refractivity contribution in [2.75, 3.05) is 13.7 Å². The second-order valence-corrected chi connectivity index (χ2v) is 4.54. The maximum atomic E-state index is 11.7. The molecule has 0 saturated carbocycles. The molecule has 0 saturated heterocycles. The predicted octanol–water partition coefficient (Wildman–Crippen LogP) is 0.587. The maximum absolute atomic E-state index is 11.7. The zero-order valence-electron chi connectivity index (χ0n) is 10.8. The largest absolute Gasteiger partial charge is 0.396 e. The van der Waals surface area contributed by atoms with Gasteiger partial charge in [0, 0.05) is 26.6 Å². The molecule has 6 nitrogen and oxygen atoms in total. The summed E-state index contributed by atoms with van der Waals surface area (Å²) in [5.74, 6) is -0.00305. The van der Waals surface area contributed by atoms with Crippen LogP contribution in [0.15, 0.2) is 23.0 Å². The van der Waals surface area contributed by atoms with Gasteiger partial charge in [0.2, 0.25) is 5.91 Å². The van der Waals surface area contributed by atoms with E-state index in [0.29, 0.717) is 19.4 Å². The Morgan fingerprint density at radius 1 is 1.32 bits per heavy atom. The van der Waals surface area contributed by atoms with Gasteiger partial charge in [0.15, 0.2) is 0 Å². The van der Waals surface area contributed by atoms with Crippen LogP contribution in [-0.4, -0.2) is 39.5 Å². The lowest BCUT2D eigenvalue weighted by Gasteiger charge is -2.17. The smallest absolute Gasteiger partial charge is 0.323 e. The van der Waals surface area contributed by atoms with Gasteiger partial charge in [-0.3, -0.25) is 4.79 Å². The van der Waals surface area contributed by atoms with Crippen molar-refractivity contribution in [2.24, 2.45) is 0 Å². The molecule has 2 rings (SSSR count). The van der Waals surface area contributed by atoms with E-state index in [2.05, 4.69) is 9.97 Å². The van der Waals surface area contributed by atoms with E-state index in [1.54, 1.807) is 11.9 Å². The van der Waals surface area contributed by atoms with Gasteiger partial charge in [-0.15, -0.1) is 0 Å². The van der Waals surface area contributed by atoms with Crippen molar-refractivity contribution >= 4 is 16.9 Å². The Bertz CT molecular complexity index is 629. The molecule has 0 aliphatic carbocycles. The van der Waals surface area contributed by atoms with Crippen molar-refractivity contribution in [1.29, 1.82) is 0 Å². The van der Waals surface area contributed by atoms with Crippen LogP contribution in [0.5, 0.6) is 0 Å². The maximum Gasteiger partial charge on any atom is 0.323 e. The number of aromatic nitrogens is 2. The summed E-state index contributed by atoms with van der Waals surface area (Å²) in [4.78, 5) is 29.8. The number of H-pyrrole nitrogens is 2. The van der Waals surface area contributed by atoms with Crippen LogP contribution in [-0.2, 0) is 11.3 Å². The second kappa shape index (κ2) is 5.71. The summed E-state index contributed by atoms with van der Waals surface area (Å²) < 4.78 is 0. The van der Waals surface area contributed by atoms with Crippen LogP contribution in [0.3, 0.4) is 0 Å². The quantitative estimate of drug-likeness (QED) is 0.737. The van der Waals surface area contributed by atoms with Gasteiger partial charge in [0.05, 0.1) is 11.0 Å². The van der Waals surface area contributed by atoms with Gasteiger partial charge < -0.3 is 20.0 Å². The summed E-state index contributed by atoms with van der Waals surface area (Å²) in [5, 5.41) is 8.70. The summed E-state index contributed by atoms with van der Waals surface area (Å²) in [5.41, 5.74) is 2.20. The van der Waals surface area contributed by atoms with Gasteiger partial charge in [-0.25, -0.2) is 4.79 Å². The van der Waals surface area contributed by atoms with Gasteiger partial charge in [0.1, 0.15) is 0 Å². The Kier molecular flexibility index (Phi) is 4.01. The first-order chi connectivity index (χ1) is 9.10. The van der Waals surface area contributed by atoms with Crippen LogP contribution in [0.1, 0.15) is 18.4 Å². The number of benzene rings is 1.